The maximum atomic E-state index is 10.4. The molecule has 0 amide bonds. The first-order valence-electron chi connectivity index (χ1n) is 6.68. The lowest BCUT2D eigenvalue weighted by Gasteiger charge is -2.07. The highest BCUT2D eigenvalue weighted by Crippen LogP contribution is 2.16. The summed E-state index contributed by atoms with van der Waals surface area (Å²) in [5.74, 6) is 2.86. The highest BCUT2D eigenvalue weighted by Gasteiger charge is 1.98. The number of carbonyl (C=O) groups excluding carboxylic acids is 1. The first-order valence-corrected chi connectivity index (χ1v) is 6.68. The molecular weight excluding hydrogens is 224 g/mol. The van der Waals surface area contributed by atoms with Gasteiger partial charge in [-0.25, -0.2) is 4.79 Å². The smallest absolute Gasteiger partial charge is 0.123 e. The lowest BCUT2D eigenvalue weighted by molar-refractivity contribution is 0.306. The van der Waals surface area contributed by atoms with Crippen molar-refractivity contribution in [1.82, 2.24) is 0 Å². The molecule has 0 aliphatic carbocycles. The van der Waals surface area contributed by atoms with E-state index < -0.39 is 0 Å². The quantitative estimate of drug-likeness (QED) is 0.512. The zero-order valence-corrected chi connectivity index (χ0v) is 11.4. The Morgan fingerprint density at radius 3 is 2.89 bits per heavy atom. The van der Waals surface area contributed by atoms with Gasteiger partial charge in [0.25, 0.3) is 0 Å². The summed E-state index contributed by atoms with van der Waals surface area (Å²) in [5.41, 5.74) is 1.97. The van der Waals surface area contributed by atoms with Crippen LogP contribution in [-0.2, 0) is 11.2 Å². The number of aryl methyl sites for hydroxylation is 1. The Bertz CT molecular complexity index is 403. The Balaban J connectivity index is 2.43. The Kier molecular flexibility index (Phi) is 6.90. The first kappa shape index (κ1) is 14.5. The number of benzene rings is 1. The largest absolute Gasteiger partial charge is 0.494 e. The molecule has 1 aromatic rings. The summed E-state index contributed by atoms with van der Waals surface area (Å²) in [6, 6.07) is 8.11. The fourth-order valence-electron chi connectivity index (χ4n) is 1.72. The Hall–Kier alpha value is -1.53. The van der Waals surface area contributed by atoms with Crippen molar-refractivity contribution in [2.45, 2.75) is 46.0 Å². The Morgan fingerprint density at radius 2 is 2.17 bits per heavy atom. The van der Waals surface area contributed by atoms with Gasteiger partial charge in [0.1, 0.15) is 11.7 Å². The molecule has 0 saturated carbocycles. The average Bonchev–Trinajstić information content (AvgIpc) is 2.41. The van der Waals surface area contributed by atoms with Crippen LogP contribution in [0.3, 0.4) is 0 Å². The van der Waals surface area contributed by atoms with Crippen LogP contribution < -0.4 is 4.74 Å². The van der Waals surface area contributed by atoms with E-state index in [9.17, 15) is 4.79 Å². The van der Waals surface area contributed by atoms with E-state index in [2.05, 4.69) is 19.1 Å². The van der Waals surface area contributed by atoms with E-state index in [0.717, 1.165) is 37.2 Å². The molecule has 98 valence electrons. The molecular formula is C16H22O2. The number of allylic oxidation sites excluding steroid dienone is 1. The Morgan fingerprint density at radius 1 is 1.33 bits per heavy atom. The highest BCUT2D eigenvalue weighted by molar-refractivity contribution is 5.51. The van der Waals surface area contributed by atoms with Crippen molar-refractivity contribution in [1.29, 1.82) is 0 Å². The van der Waals surface area contributed by atoms with Crippen molar-refractivity contribution in [3.8, 4) is 5.75 Å². The van der Waals surface area contributed by atoms with Crippen LogP contribution in [0.1, 0.15) is 45.1 Å². The minimum Gasteiger partial charge on any atom is -0.494 e. The van der Waals surface area contributed by atoms with Crippen LogP contribution in [0.2, 0.25) is 0 Å². The predicted octanol–water partition coefficient (Wildman–Crippen LogP) is 3.97. The summed E-state index contributed by atoms with van der Waals surface area (Å²) in [7, 11) is 0. The summed E-state index contributed by atoms with van der Waals surface area (Å²) in [5, 5.41) is 0. The van der Waals surface area contributed by atoms with Gasteiger partial charge in [-0.05, 0) is 43.9 Å². The van der Waals surface area contributed by atoms with Crippen LogP contribution in [0.5, 0.6) is 5.75 Å². The molecule has 2 heteroatoms. The standard InChI is InChI=1S/C16H22O2/c1-3-4-5-11-18-16-8-6-7-15(12-16)10-9-14(2)13-17/h6-8,12H,3-5,9-11H2,1-2H3. The lowest BCUT2D eigenvalue weighted by atomic mass is 10.1. The van der Waals surface area contributed by atoms with Crippen molar-refractivity contribution < 1.29 is 9.53 Å². The molecule has 18 heavy (non-hydrogen) atoms. The van der Waals surface area contributed by atoms with Gasteiger partial charge in [-0.2, -0.15) is 0 Å². The number of rotatable bonds is 8. The second-order valence-corrected chi connectivity index (χ2v) is 4.59. The minimum absolute atomic E-state index is 0.767. The molecule has 1 aromatic carbocycles. The fraction of sp³-hybridized carbons (Fsp3) is 0.500. The molecule has 0 N–H and O–H groups in total. The minimum atomic E-state index is 0.767. The van der Waals surface area contributed by atoms with Crippen molar-refractivity contribution in [3.63, 3.8) is 0 Å². The number of hydrogen-bond acceptors (Lipinski definition) is 2. The lowest BCUT2D eigenvalue weighted by Crippen LogP contribution is -1.97. The van der Waals surface area contributed by atoms with E-state index in [1.165, 1.54) is 18.4 Å². The Labute approximate surface area is 110 Å². The average molecular weight is 246 g/mol. The third-order valence-corrected chi connectivity index (χ3v) is 2.88. The zero-order chi connectivity index (χ0) is 13.2. The first-order chi connectivity index (χ1) is 8.76. The molecule has 0 unspecified atom stereocenters. The van der Waals surface area contributed by atoms with E-state index in [0.29, 0.717) is 0 Å². The van der Waals surface area contributed by atoms with Crippen LogP contribution in [0.25, 0.3) is 0 Å². The van der Waals surface area contributed by atoms with Crippen LogP contribution in [0.15, 0.2) is 29.8 Å². The number of ether oxygens (including phenoxy) is 1. The zero-order valence-electron chi connectivity index (χ0n) is 11.4. The maximum absolute atomic E-state index is 10.4. The third kappa shape index (κ3) is 5.70. The van der Waals surface area contributed by atoms with Gasteiger partial charge in [-0.1, -0.05) is 31.9 Å². The summed E-state index contributed by atoms with van der Waals surface area (Å²) >= 11 is 0. The fourth-order valence-corrected chi connectivity index (χ4v) is 1.72. The van der Waals surface area contributed by atoms with Crippen molar-refractivity contribution >= 4 is 5.94 Å². The molecule has 0 bridgehead atoms. The molecule has 1 rings (SSSR count). The molecule has 0 aliphatic heterocycles. The van der Waals surface area contributed by atoms with E-state index in [1.807, 2.05) is 25.0 Å². The summed E-state index contributed by atoms with van der Waals surface area (Å²) in [4.78, 5) is 10.4. The number of unbranched alkanes of at least 4 members (excludes halogenated alkanes) is 2. The van der Waals surface area contributed by atoms with E-state index in [-0.39, 0.29) is 0 Å². The normalized spacial score (nSPS) is 9.89. The van der Waals surface area contributed by atoms with E-state index >= 15 is 0 Å². The molecule has 0 atom stereocenters. The van der Waals surface area contributed by atoms with Gasteiger partial charge >= 0.3 is 0 Å². The van der Waals surface area contributed by atoms with Crippen LogP contribution >= 0.6 is 0 Å². The molecule has 0 heterocycles. The monoisotopic (exact) mass is 246 g/mol. The van der Waals surface area contributed by atoms with Crippen molar-refractivity contribution in [2.75, 3.05) is 6.61 Å². The van der Waals surface area contributed by atoms with Gasteiger partial charge in [0.15, 0.2) is 0 Å². The topological polar surface area (TPSA) is 26.3 Å². The summed E-state index contributed by atoms with van der Waals surface area (Å²) in [6.45, 7) is 4.78. The van der Waals surface area contributed by atoms with E-state index in [1.54, 1.807) is 0 Å². The molecule has 0 radical (unpaired) electrons. The van der Waals surface area contributed by atoms with Crippen LogP contribution in [0.4, 0.5) is 0 Å². The summed E-state index contributed by atoms with van der Waals surface area (Å²) < 4.78 is 5.70. The van der Waals surface area contributed by atoms with Crippen molar-refractivity contribution in [3.05, 3.63) is 35.4 Å². The third-order valence-electron chi connectivity index (χ3n) is 2.88. The molecule has 0 spiro atoms. The van der Waals surface area contributed by atoms with Gasteiger partial charge in [0.2, 0.25) is 0 Å². The van der Waals surface area contributed by atoms with Gasteiger partial charge in [0.05, 0.1) is 6.61 Å². The predicted molar refractivity (Wildman–Crippen MR) is 74.7 cm³/mol. The highest BCUT2D eigenvalue weighted by atomic mass is 16.5. The van der Waals surface area contributed by atoms with Gasteiger partial charge < -0.3 is 4.74 Å². The van der Waals surface area contributed by atoms with Gasteiger partial charge in [-0.3, -0.25) is 0 Å². The second kappa shape index (κ2) is 8.54. The van der Waals surface area contributed by atoms with Gasteiger partial charge in [0, 0.05) is 5.57 Å². The molecule has 0 saturated heterocycles. The second-order valence-electron chi connectivity index (χ2n) is 4.59. The maximum Gasteiger partial charge on any atom is 0.123 e. The molecule has 0 fully saturated rings. The number of hydrogen-bond donors (Lipinski definition) is 0. The van der Waals surface area contributed by atoms with Crippen LogP contribution in [0, 0.1) is 0 Å². The molecule has 0 aromatic heterocycles. The summed E-state index contributed by atoms with van der Waals surface area (Å²) in [6.07, 6.45) is 5.16. The molecule has 0 aliphatic rings. The van der Waals surface area contributed by atoms with Gasteiger partial charge in [-0.15, -0.1) is 0 Å². The SMILES string of the molecule is CCCCCOc1cccc(CCC(C)=C=O)c1. The van der Waals surface area contributed by atoms with E-state index in [4.69, 9.17) is 4.74 Å². The molecule has 2 nitrogen and oxygen atoms in total. The van der Waals surface area contributed by atoms with Crippen molar-refractivity contribution in [2.24, 2.45) is 0 Å². The van der Waals surface area contributed by atoms with Crippen LogP contribution in [-0.4, -0.2) is 12.5 Å².